The maximum absolute atomic E-state index is 13.7. The molecule has 2 aliphatic heterocycles. The fraction of sp³-hybridized carbons (Fsp3) is 0.467. The molecule has 1 fully saturated rings. The van der Waals surface area contributed by atoms with Crippen molar-refractivity contribution in [3.8, 4) is 0 Å². The van der Waals surface area contributed by atoms with Crippen molar-refractivity contribution in [1.82, 2.24) is 4.90 Å². The number of likely N-dealkylation sites (N-methyl/N-ethyl adjacent to an activating group) is 1. The number of fused-ring (bicyclic) bond motifs is 2. The molecule has 0 amide bonds. The van der Waals surface area contributed by atoms with E-state index >= 15 is 0 Å². The highest BCUT2D eigenvalue weighted by molar-refractivity contribution is 5.71. The van der Waals surface area contributed by atoms with Gasteiger partial charge in [0.05, 0.1) is 24.8 Å². The molecule has 2 nitrogen and oxygen atoms in total. The first-order valence-electron chi connectivity index (χ1n) is 6.74. The van der Waals surface area contributed by atoms with Gasteiger partial charge >= 0.3 is 6.18 Å². The summed E-state index contributed by atoms with van der Waals surface area (Å²) in [7, 11) is 1.93. The summed E-state index contributed by atoms with van der Waals surface area (Å²) in [4.78, 5) is 2.10. The molecular weight excluding hydrogens is 286 g/mol. The maximum Gasteiger partial charge on any atom is 0.419 e. The van der Waals surface area contributed by atoms with E-state index in [0.29, 0.717) is 25.2 Å². The van der Waals surface area contributed by atoms with Crippen LogP contribution in [0, 0.1) is 5.82 Å². The molecule has 21 heavy (non-hydrogen) atoms. The van der Waals surface area contributed by atoms with Crippen molar-refractivity contribution < 1.29 is 22.3 Å². The van der Waals surface area contributed by atoms with Gasteiger partial charge in [0.2, 0.25) is 0 Å². The number of halogens is 4. The van der Waals surface area contributed by atoms with Crippen LogP contribution in [0.4, 0.5) is 17.6 Å². The Labute approximate surface area is 120 Å². The minimum absolute atomic E-state index is 0.0353. The number of benzene rings is 1. The second kappa shape index (κ2) is 5.10. The van der Waals surface area contributed by atoms with Crippen LogP contribution in [-0.4, -0.2) is 37.2 Å². The maximum atomic E-state index is 13.7. The first kappa shape index (κ1) is 14.5. The molecule has 2 aliphatic rings. The second-order valence-corrected chi connectivity index (χ2v) is 5.48. The van der Waals surface area contributed by atoms with Crippen LogP contribution in [0.2, 0.25) is 0 Å². The molecular formula is C15H15F4NO. The third-order valence-corrected chi connectivity index (χ3v) is 4.19. The highest BCUT2D eigenvalue weighted by Gasteiger charge is 2.39. The predicted molar refractivity (Wildman–Crippen MR) is 70.2 cm³/mol. The number of nitrogens with zero attached hydrogens (tertiary/aromatic N) is 1. The molecule has 2 heterocycles. The lowest BCUT2D eigenvalue weighted by atomic mass is 9.87. The second-order valence-electron chi connectivity index (χ2n) is 5.48. The van der Waals surface area contributed by atoms with Gasteiger partial charge in [-0.05, 0) is 30.7 Å². The first-order chi connectivity index (χ1) is 9.88. The summed E-state index contributed by atoms with van der Waals surface area (Å²) in [6.45, 7) is 0.939. The smallest absolute Gasteiger partial charge is 0.378 e. The van der Waals surface area contributed by atoms with Crippen molar-refractivity contribution in [3.63, 3.8) is 0 Å². The van der Waals surface area contributed by atoms with Crippen molar-refractivity contribution in [1.29, 1.82) is 0 Å². The van der Waals surface area contributed by atoms with Gasteiger partial charge < -0.3 is 4.74 Å². The monoisotopic (exact) mass is 301 g/mol. The van der Waals surface area contributed by atoms with Crippen LogP contribution in [0.5, 0.6) is 0 Å². The highest BCUT2D eigenvalue weighted by Crippen LogP contribution is 2.40. The van der Waals surface area contributed by atoms with E-state index in [1.54, 1.807) is 6.08 Å². The lowest BCUT2D eigenvalue weighted by Gasteiger charge is -2.42. The van der Waals surface area contributed by atoms with Gasteiger partial charge in [-0.15, -0.1) is 0 Å². The van der Waals surface area contributed by atoms with Gasteiger partial charge in [-0.1, -0.05) is 18.2 Å². The minimum Gasteiger partial charge on any atom is -0.378 e. The van der Waals surface area contributed by atoms with Gasteiger partial charge in [-0.3, -0.25) is 4.90 Å². The summed E-state index contributed by atoms with van der Waals surface area (Å²) in [5.74, 6) is -1.22. The summed E-state index contributed by atoms with van der Waals surface area (Å²) in [5, 5.41) is 0. The van der Waals surface area contributed by atoms with Crippen molar-refractivity contribution in [2.75, 3.05) is 20.3 Å². The number of rotatable bonds is 1. The normalized spacial score (nSPS) is 26.6. The van der Waals surface area contributed by atoms with Crippen LogP contribution < -0.4 is 0 Å². The molecule has 1 saturated heterocycles. The van der Waals surface area contributed by atoms with E-state index < -0.39 is 17.6 Å². The Morgan fingerprint density at radius 1 is 1.24 bits per heavy atom. The van der Waals surface area contributed by atoms with E-state index in [-0.39, 0.29) is 17.6 Å². The molecule has 0 spiro atoms. The van der Waals surface area contributed by atoms with Crippen LogP contribution in [0.1, 0.15) is 17.5 Å². The number of alkyl halides is 3. The van der Waals surface area contributed by atoms with Crippen molar-refractivity contribution >= 4 is 5.57 Å². The van der Waals surface area contributed by atoms with E-state index in [0.717, 1.165) is 6.07 Å². The molecule has 0 saturated carbocycles. The summed E-state index contributed by atoms with van der Waals surface area (Å²) in [6.07, 6.45) is -2.50. The average Bonchev–Trinajstić information content (AvgIpc) is 2.36. The van der Waals surface area contributed by atoms with Crippen molar-refractivity contribution in [2.45, 2.75) is 24.7 Å². The molecule has 0 N–H and O–H groups in total. The largest absolute Gasteiger partial charge is 0.419 e. The average molecular weight is 301 g/mol. The molecule has 1 aromatic carbocycles. The number of morpholine rings is 1. The van der Waals surface area contributed by atoms with Gasteiger partial charge in [0.25, 0.3) is 0 Å². The Hall–Kier alpha value is -1.40. The zero-order valence-electron chi connectivity index (χ0n) is 11.5. The fourth-order valence-electron chi connectivity index (χ4n) is 3.03. The summed E-state index contributed by atoms with van der Waals surface area (Å²) in [6, 6.07) is 3.50. The summed E-state index contributed by atoms with van der Waals surface area (Å²) >= 11 is 0. The number of hydrogen-bond acceptors (Lipinski definition) is 2. The van der Waals surface area contributed by atoms with Crippen LogP contribution in [-0.2, 0) is 10.9 Å². The summed E-state index contributed by atoms with van der Waals surface area (Å²) in [5.41, 5.74) is -0.662. The number of hydrogen-bond donors (Lipinski definition) is 0. The van der Waals surface area contributed by atoms with E-state index in [2.05, 4.69) is 4.90 Å². The number of ether oxygens (including phenoxy) is 1. The topological polar surface area (TPSA) is 12.5 Å². The van der Waals surface area contributed by atoms with Crippen LogP contribution in [0.15, 0.2) is 24.3 Å². The zero-order valence-corrected chi connectivity index (χ0v) is 11.5. The Kier molecular flexibility index (Phi) is 3.53. The van der Waals surface area contributed by atoms with Gasteiger partial charge in [0.1, 0.15) is 5.82 Å². The standard InChI is InChI=1S/C15H15F4NO/c1-20-10-5-9(6-11(20)8-21-7-10)12-3-2-4-13(16)14(12)15(17,18)19/h2-5,10-11H,6-8H2,1H3. The van der Waals surface area contributed by atoms with E-state index in [4.69, 9.17) is 4.74 Å². The SMILES string of the molecule is CN1C2C=C(c3cccc(F)c3C(F)(F)F)CC1COC2. The van der Waals surface area contributed by atoms with Crippen LogP contribution >= 0.6 is 0 Å². The van der Waals surface area contributed by atoms with Crippen molar-refractivity contribution in [2.24, 2.45) is 0 Å². The van der Waals surface area contributed by atoms with Crippen LogP contribution in [0.25, 0.3) is 5.57 Å². The van der Waals surface area contributed by atoms with Gasteiger partial charge in [-0.2, -0.15) is 13.2 Å². The molecule has 1 aromatic rings. The van der Waals surface area contributed by atoms with Crippen molar-refractivity contribution in [3.05, 3.63) is 41.2 Å². The summed E-state index contributed by atoms with van der Waals surface area (Å²) < 4.78 is 58.5. The molecule has 3 rings (SSSR count). The Morgan fingerprint density at radius 2 is 2.00 bits per heavy atom. The lowest BCUT2D eigenvalue weighted by molar-refractivity contribution is -0.140. The molecule has 0 aromatic heterocycles. The Morgan fingerprint density at radius 3 is 2.67 bits per heavy atom. The fourth-order valence-corrected chi connectivity index (χ4v) is 3.03. The molecule has 0 aliphatic carbocycles. The van der Waals surface area contributed by atoms with E-state index in [1.807, 2.05) is 7.05 Å². The lowest BCUT2D eigenvalue weighted by Crippen LogP contribution is -2.51. The predicted octanol–water partition coefficient (Wildman–Crippen LogP) is 3.33. The molecule has 2 unspecified atom stereocenters. The molecule has 2 bridgehead atoms. The molecule has 6 heteroatoms. The van der Waals surface area contributed by atoms with Crippen LogP contribution in [0.3, 0.4) is 0 Å². The minimum atomic E-state index is -4.70. The van der Waals surface area contributed by atoms with E-state index in [9.17, 15) is 17.6 Å². The van der Waals surface area contributed by atoms with E-state index in [1.165, 1.54) is 12.1 Å². The van der Waals surface area contributed by atoms with Gasteiger partial charge in [0.15, 0.2) is 0 Å². The molecule has 2 atom stereocenters. The molecule has 0 radical (unpaired) electrons. The third-order valence-electron chi connectivity index (χ3n) is 4.19. The Bertz CT molecular complexity index is 582. The quantitative estimate of drug-likeness (QED) is 0.738. The molecule has 114 valence electrons. The Balaban J connectivity index is 2.08. The zero-order chi connectivity index (χ0) is 15.2. The van der Waals surface area contributed by atoms with Gasteiger partial charge in [0, 0.05) is 6.04 Å². The third kappa shape index (κ3) is 2.58. The van der Waals surface area contributed by atoms with Gasteiger partial charge in [-0.25, -0.2) is 4.39 Å². The highest BCUT2D eigenvalue weighted by atomic mass is 19.4. The first-order valence-corrected chi connectivity index (χ1v) is 6.74.